The van der Waals surface area contributed by atoms with E-state index in [0.717, 1.165) is 11.8 Å². The molecule has 8 heteroatoms. The predicted molar refractivity (Wildman–Crippen MR) is 65.1 cm³/mol. The van der Waals surface area contributed by atoms with Gasteiger partial charge in [-0.25, -0.2) is 0 Å². The quantitative estimate of drug-likeness (QED) is 0.714. The molecule has 1 N–H and O–H groups in total. The molecule has 4 atom stereocenters. The van der Waals surface area contributed by atoms with Gasteiger partial charge < -0.3 is 19.3 Å². The first-order chi connectivity index (χ1) is 8.81. The molecular weight excluding hydrogens is 276 g/mol. The minimum absolute atomic E-state index is 0.129. The van der Waals surface area contributed by atoms with Crippen molar-refractivity contribution in [3.63, 3.8) is 0 Å². The number of carbonyl (C=O) groups is 3. The van der Waals surface area contributed by atoms with Crippen LogP contribution in [0.2, 0.25) is 0 Å². The summed E-state index contributed by atoms with van der Waals surface area (Å²) in [5, 5.41) is 9.54. The summed E-state index contributed by atoms with van der Waals surface area (Å²) in [6.45, 7) is 3.76. The van der Waals surface area contributed by atoms with Crippen LogP contribution < -0.4 is 0 Å². The number of carbonyl (C=O) groups excluding carboxylic acids is 3. The summed E-state index contributed by atoms with van der Waals surface area (Å²) in [6.07, 6.45) is -4.11. The third-order valence-corrected chi connectivity index (χ3v) is 3.24. The predicted octanol–water partition coefficient (Wildman–Crippen LogP) is -0.153. The molecule has 0 unspecified atom stereocenters. The van der Waals surface area contributed by atoms with Gasteiger partial charge >= 0.3 is 11.9 Å². The molecule has 7 nitrogen and oxygen atoms in total. The van der Waals surface area contributed by atoms with E-state index in [2.05, 4.69) is 0 Å². The van der Waals surface area contributed by atoms with Crippen LogP contribution in [0.5, 0.6) is 0 Å². The van der Waals surface area contributed by atoms with Gasteiger partial charge in [-0.15, -0.1) is 0 Å². The van der Waals surface area contributed by atoms with Crippen molar-refractivity contribution in [2.75, 3.05) is 5.75 Å². The van der Waals surface area contributed by atoms with E-state index in [1.807, 2.05) is 0 Å². The Bertz CT molecular complexity index is 370. The van der Waals surface area contributed by atoms with Gasteiger partial charge in [0.15, 0.2) is 23.6 Å². The van der Waals surface area contributed by atoms with E-state index >= 15 is 0 Å². The Kier molecular flexibility index (Phi) is 5.77. The number of hydrogen-bond donors (Lipinski definition) is 1. The molecule has 1 saturated heterocycles. The van der Waals surface area contributed by atoms with Crippen molar-refractivity contribution >= 4 is 28.8 Å². The maximum Gasteiger partial charge on any atom is 0.303 e. The van der Waals surface area contributed by atoms with Crippen LogP contribution in [0.4, 0.5) is 0 Å². The van der Waals surface area contributed by atoms with Gasteiger partial charge in [0.05, 0.1) is 0 Å². The summed E-state index contributed by atoms with van der Waals surface area (Å²) in [5.41, 5.74) is 0. The number of ether oxygens (including phenoxy) is 3. The fourth-order valence-corrected chi connectivity index (χ4v) is 2.36. The van der Waals surface area contributed by atoms with E-state index in [1.165, 1.54) is 20.8 Å². The van der Waals surface area contributed by atoms with Crippen LogP contribution in [-0.2, 0) is 28.6 Å². The standard InChI is InChI=1S/C11H16O7S/c1-5(12)16-9-8(4-19-7(3)14)18-11(15)10(9)17-6(2)13/h8-11,15H,4H2,1-3H3/t8-,9-,10-,11+/m1/s1. The Labute approximate surface area is 114 Å². The molecule has 0 aliphatic carbocycles. The molecule has 108 valence electrons. The van der Waals surface area contributed by atoms with Crippen LogP contribution in [0.1, 0.15) is 20.8 Å². The summed E-state index contributed by atoms with van der Waals surface area (Å²) >= 11 is 0.976. The Morgan fingerprint density at radius 2 is 1.63 bits per heavy atom. The van der Waals surface area contributed by atoms with Crippen molar-refractivity contribution in [2.24, 2.45) is 0 Å². The minimum Gasteiger partial charge on any atom is -0.456 e. The molecule has 0 spiro atoms. The van der Waals surface area contributed by atoms with Crippen LogP contribution in [-0.4, -0.2) is 52.5 Å². The lowest BCUT2D eigenvalue weighted by Gasteiger charge is -2.21. The lowest BCUT2D eigenvalue weighted by molar-refractivity contribution is -0.174. The molecule has 0 aromatic carbocycles. The van der Waals surface area contributed by atoms with Crippen LogP contribution in [0.3, 0.4) is 0 Å². The van der Waals surface area contributed by atoms with E-state index in [4.69, 9.17) is 14.2 Å². The lowest BCUT2D eigenvalue weighted by atomic mass is 10.1. The Balaban J connectivity index is 2.76. The highest BCUT2D eigenvalue weighted by atomic mass is 32.2. The maximum atomic E-state index is 11.0. The Morgan fingerprint density at radius 3 is 2.11 bits per heavy atom. The topological polar surface area (TPSA) is 99.1 Å². The Hall–Kier alpha value is -1.12. The van der Waals surface area contributed by atoms with Gasteiger partial charge in [-0.1, -0.05) is 11.8 Å². The maximum absolute atomic E-state index is 11.0. The van der Waals surface area contributed by atoms with Crippen molar-refractivity contribution in [2.45, 2.75) is 45.4 Å². The van der Waals surface area contributed by atoms with Crippen LogP contribution >= 0.6 is 11.8 Å². The molecule has 1 aliphatic rings. The highest BCUT2D eigenvalue weighted by Gasteiger charge is 2.48. The van der Waals surface area contributed by atoms with Gasteiger partial charge in [0.2, 0.25) is 0 Å². The fraction of sp³-hybridized carbons (Fsp3) is 0.727. The van der Waals surface area contributed by atoms with Crippen LogP contribution in [0, 0.1) is 0 Å². The largest absolute Gasteiger partial charge is 0.456 e. The van der Waals surface area contributed by atoms with Crippen molar-refractivity contribution in [3.8, 4) is 0 Å². The van der Waals surface area contributed by atoms with Crippen molar-refractivity contribution in [1.29, 1.82) is 0 Å². The summed E-state index contributed by atoms with van der Waals surface area (Å²) in [6, 6.07) is 0. The zero-order valence-electron chi connectivity index (χ0n) is 10.8. The molecule has 0 amide bonds. The van der Waals surface area contributed by atoms with E-state index in [-0.39, 0.29) is 10.9 Å². The number of rotatable bonds is 4. The van der Waals surface area contributed by atoms with Crippen molar-refractivity contribution < 1.29 is 33.7 Å². The minimum atomic E-state index is -1.38. The average molecular weight is 292 g/mol. The molecule has 0 bridgehead atoms. The SMILES string of the molecule is CC(=O)O[C@@H]1[C@H](OC(C)=O)[C@@H](CSC(C)=O)O[C@@H]1O. The third kappa shape index (κ3) is 4.81. The second-order valence-electron chi connectivity index (χ2n) is 4.02. The number of hydrogen-bond acceptors (Lipinski definition) is 8. The normalized spacial score (nSPS) is 29.9. The second-order valence-corrected chi connectivity index (χ2v) is 5.21. The van der Waals surface area contributed by atoms with Gasteiger partial charge in [0.25, 0.3) is 0 Å². The van der Waals surface area contributed by atoms with Crippen LogP contribution in [0.25, 0.3) is 0 Å². The van der Waals surface area contributed by atoms with Crippen molar-refractivity contribution in [3.05, 3.63) is 0 Å². The van der Waals surface area contributed by atoms with E-state index in [1.54, 1.807) is 0 Å². The smallest absolute Gasteiger partial charge is 0.303 e. The molecule has 0 radical (unpaired) electrons. The van der Waals surface area contributed by atoms with E-state index in [9.17, 15) is 19.5 Å². The highest BCUT2D eigenvalue weighted by Crippen LogP contribution is 2.28. The zero-order chi connectivity index (χ0) is 14.6. The van der Waals surface area contributed by atoms with E-state index < -0.39 is 36.5 Å². The Morgan fingerprint density at radius 1 is 1.11 bits per heavy atom. The summed E-state index contributed by atoms with van der Waals surface area (Å²) in [4.78, 5) is 32.9. The lowest BCUT2D eigenvalue weighted by Crippen LogP contribution is -2.40. The van der Waals surface area contributed by atoms with Gasteiger partial charge in [0, 0.05) is 26.5 Å². The molecular formula is C11H16O7S. The third-order valence-electron chi connectivity index (χ3n) is 2.34. The molecule has 1 fully saturated rings. The number of aliphatic hydroxyl groups is 1. The van der Waals surface area contributed by atoms with Gasteiger partial charge in [-0.3, -0.25) is 14.4 Å². The van der Waals surface area contributed by atoms with E-state index in [0.29, 0.717) is 0 Å². The van der Waals surface area contributed by atoms with Gasteiger partial charge in [0.1, 0.15) is 6.10 Å². The monoisotopic (exact) mass is 292 g/mol. The average Bonchev–Trinajstić information content (AvgIpc) is 2.53. The summed E-state index contributed by atoms with van der Waals surface area (Å²) in [5.74, 6) is -1.01. The van der Waals surface area contributed by atoms with Crippen LogP contribution in [0.15, 0.2) is 0 Å². The molecule has 1 heterocycles. The number of esters is 2. The summed E-state index contributed by atoms with van der Waals surface area (Å²) in [7, 11) is 0. The van der Waals surface area contributed by atoms with Crippen molar-refractivity contribution in [1.82, 2.24) is 0 Å². The first kappa shape index (κ1) is 15.9. The molecule has 19 heavy (non-hydrogen) atoms. The van der Waals surface area contributed by atoms with Gasteiger partial charge in [-0.05, 0) is 0 Å². The number of aliphatic hydroxyl groups excluding tert-OH is 1. The zero-order valence-corrected chi connectivity index (χ0v) is 11.6. The first-order valence-electron chi connectivity index (χ1n) is 5.62. The number of thioether (sulfide) groups is 1. The molecule has 0 saturated carbocycles. The molecule has 1 aliphatic heterocycles. The fourth-order valence-electron chi connectivity index (χ4n) is 1.69. The molecule has 1 rings (SSSR count). The van der Waals surface area contributed by atoms with Gasteiger partial charge in [-0.2, -0.15) is 0 Å². The highest BCUT2D eigenvalue weighted by molar-refractivity contribution is 8.13. The second kappa shape index (κ2) is 6.88. The first-order valence-corrected chi connectivity index (χ1v) is 6.61. The molecule has 0 aromatic heterocycles. The molecule has 0 aromatic rings. The summed E-state index contributed by atoms with van der Waals surface area (Å²) < 4.78 is 15.1.